The van der Waals surface area contributed by atoms with Gasteiger partial charge in [-0.05, 0) is 31.2 Å². The second-order valence-corrected chi connectivity index (χ2v) is 7.70. The van der Waals surface area contributed by atoms with Crippen molar-refractivity contribution in [3.8, 4) is 5.88 Å². The number of hydrogen-bond donors (Lipinski definition) is 3. The number of piperidine rings is 1. The Morgan fingerprint density at radius 1 is 1.24 bits per heavy atom. The van der Waals surface area contributed by atoms with Gasteiger partial charge in [0.05, 0.1) is 0 Å². The summed E-state index contributed by atoms with van der Waals surface area (Å²) in [7, 11) is 2.04. The van der Waals surface area contributed by atoms with Gasteiger partial charge in [0.2, 0.25) is 11.8 Å². The number of piperazine rings is 1. The number of amides is 4. The first-order chi connectivity index (χ1) is 13.9. The van der Waals surface area contributed by atoms with Crippen molar-refractivity contribution in [2.24, 2.45) is 0 Å². The molecule has 2 aliphatic heterocycles. The fourth-order valence-electron chi connectivity index (χ4n) is 3.87. The molecule has 0 aliphatic carbocycles. The molecular formula is C20H25N5O4. The van der Waals surface area contributed by atoms with Gasteiger partial charge in [-0.25, -0.2) is 4.79 Å². The van der Waals surface area contributed by atoms with Crippen LogP contribution >= 0.6 is 0 Å². The fraction of sp³-hybridized carbons (Fsp3) is 0.450. The van der Waals surface area contributed by atoms with Crippen LogP contribution in [0.2, 0.25) is 0 Å². The highest BCUT2D eigenvalue weighted by Crippen LogP contribution is 2.33. The van der Waals surface area contributed by atoms with Crippen molar-refractivity contribution >= 4 is 28.6 Å². The van der Waals surface area contributed by atoms with E-state index in [9.17, 15) is 19.5 Å². The highest BCUT2D eigenvalue weighted by molar-refractivity contribution is 6.00. The number of fused-ring (bicyclic) bond motifs is 1. The van der Waals surface area contributed by atoms with Crippen molar-refractivity contribution in [1.29, 1.82) is 0 Å². The molecule has 1 atom stereocenters. The number of likely N-dealkylation sites (N-methyl/N-ethyl adjacent to an activating group) is 1. The number of aromatic nitrogens is 1. The summed E-state index contributed by atoms with van der Waals surface area (Å²) in [5.74, 6) is -0.695. The van der Waals surface area contributed by atoms with Gasteiger partial charge in [0.1, 0.15) is 6.04 Å². The van der Waals surface area contributed by atoms with Crippen LogP contribution in [0.15, 0.2) is 24.4 Å². The number of carbonyl (C=O) groups excluding carboxylic acids is 3. The predicted octanol–water partition coefficient (Wildman–Crippen LogP) is 0.782. The van der Waals surface area contributed by atoms with Crippen molar-refractivity contribution < 1.29 is 19.5 Å². The quantitative estimate of drug-likeness (QED) is 0.662. The van der Waals surface area contributed by atoms with Gasteiger partial charge in [0.15, 0.2) is 5.88 Å². The largest absolute Gasteiger partial charge is 0.494 e. The molecule has 1 aromatic heterocycles. The van der Waals surface area contributed by atoms with Gasteiger partial charge in [0, 0.05) is 56.1 Å². The van der Waals surface area contributed by atoms with Crippen LogP contribution < -0.4 is 10.6 Å². The van der Waals surface area contributed by atoms with Crippen molar-refractivity contribution in [2.75, 3.05) is 33.2 Å². The highest BCUT2D eigenvalue weighted by atomic mass is 16.3. The summed E-state index contributed by atoms with van der Waals surface area (Å²) >= 11 is 0. The van der Waals surface area contributed by atoms with Gasteiger partial charge >= 0.3 is 6.03 Å². The molecule has 9 heteroatoms. The molecule has 2 aromatic rings. The zero-order valence-corrected chi connectivity index (χ0v) is 16.4. The normalized spacial score (nSPS) is 20.7. The van der Waals surface area contributed by atoms with E-state index in [1.807, 2.05) is 24.1 Å². The van der Waals surface area contributed by atoms with E-state index in [0.717, 1.165) is 24.0 Å². The third-order valence-corrected chi connectivity index (χ3v) is 5.66. The Bertz CT molecular complexity index is 961. The Kier molecular flexibility index (Phi) is 5.14. The summed E-state index contributed by atoms with van der Waals surface area (Å²) in [4.78, 5) is 39.8. The molecule has 9 nitrogen and oxygen atoms in total. The number of imide groups is 1. The van der Waals surface area contributed by atoms with E-state index in [2.05, 4.69) is 15.5 Å². The molecule has 3 heterocycles. The summed E-state index contributed by atoms with van der Waals surface area (Å²) in [6.45, 7) is 3.54. The van der Waals surface area contributed by atoms with Gasteiger partial charge in [0.25, 0.3) is 0 Å². The second-order valence-electron chi connectivity index (χ2n) is 7.70. The molecule has 1 unspecified atom stereocenters. The minimum Gasteiger partial charge on any atom is -0.494 e. The topological polar surface area (TPSA) is 107 Å². The lowest BCUT2D eigenvalue weighted by atomic mass is 10.1. The molecule has 4 amide bonds. The Labute approximate surface area is 168 Å². The first-order valence-corrected chi connectivity index (χ1v) is 9.80. The Morgan fingerprint density at radius 2 is 2.00 bits per heavy atom. The maximum Gasteiger partial charge on any atom is 0.317 e. The van der Waals surface area contributed by atoms with Crippen molar-refractivity contribution in [1.82, 2.24) is 25.0 Å². The molecule has 4 rings (SSSR count). The average Bonchev–Trinajstić information content (AvgIpc) is 3.02. The monoisotopic (exact) mass is 399 g/mol. The number of nitrogens with zero attached hydrogens (tertiary/aromatic N) is 3. The fourth-order valence-corrected chi connectivity index (χ4v) is 3.87. The number of aromatic hydroxyl groups is 1. The molecule has 3 N–H and O–H groups in total. The van der Waals surface area contributed by atoms with Crippen molar-refractivity contribution in [3.63, 3.8) is 0 Å². The van der Waals surface area contributed by atoms with Crippen LogP contribution in [0.25, 0.3) is 10.8 Å². The first-order valence-electron chi connectivity index (χ1n) is 9.80. The molecule has 154 valence electrons. The van der Waals surface area contributed by atoms with E-state index < -0.39 is 11.9 Å². The molecule has 0 saturated carbocycles. The van der Waals surface area contributed by atoms with Crippen LogP contribution in [0.5, 0.6) is 5.88 Å². The molecule has 29 heavy (non-hydrogen) atoms. The molecular weight excluding hydrogens is 374 g/mol. The molecule has 2 fully saturated rings. The predicted molar refractivity (Wildman–Crippen MR) is 106 cm³/mol. The van der Waals surface area contributed by atoms with E-state index in [0.29, 0.717) is 31.4 Å². The Morgan fingerprint density at radius 3 is 2.72 bits per heavy atom. The zero-order chi connectivity index (χ0) is 20.5. The lowest BCUT2D eigenvalue weighted by Gasteiger charge is -2.32. The third-order valence-electron chi connectivity index (χ3n) is 5.66. The summed E-state index contributed by atoms with van der Waals surface area (Å²) in [5.41, 5.74) is 0.903. The number of carbonyl (C=O) groups is 3. The van der Waals surface area contributed by atoms with E-state index in [1.165, 1.54) is 4.57 Å². The lowest BCUT2D eigenvalue weighted by molar-refractivity contribution is -0.135. The van der Waals surface area contributed by atoms with Crippen molar-refractivity contribution in [3.05, 3.63) is 30.0 Å². The van der Waals surface area contributed by atoms with Gasteiger partial charge in [-0.2, -0.15) is 0 Å². The number of urea groups is 1. The van der Waals surface area contributed by atoms with Crippen LogP contribution in [0.4, 0.5) is 4.79 Å². The Balaban J connectivity index is 1.46. The van der Waals surface area contributed by atoms with Gasteiger partial charge in [-0.15, -0.1) is 0 Å². The Hall–Kier alpha value is -3.07. The van der Waals surface area contributed by atoms with Gasteiger partial charge in [-0.1, -0.05) is 6.07 Å². The molecule has 0 radical (unpaired) electrons. The number of benzene rings is 1. The summed E-state index contributed by atoms with van der Waals surface area (Å²) in [5, 5.41) is 17.2. The van der Waals surface area contributed by atoms with Crippen LogP contribution in [-0.2, 0) is 16.1 Å². The third kappa shape index (κ3) is 3.91. The smallest absolute Gasteiger partial charge is 0.317 e. The zero-order valence-electron chi connectivity index (χ0n) is 16.4. The average molecular weight is 399 g/mol. The van der Waals surface area contributed by atoms with Gasteiger partial charge in [-0.3, -0.25) is 14.9 Å². The van der Waals surface area contributed by atoms with Crippen molar-refractivity contribution in [2.45, 2.75) is 25.4 Å². The van der Waals surface area contributed by atoms with E-state index in [1.54, 1.807) is 12.3 Å². The van der Waals surface area contributed by atoms with Crippen LogP contribution in [0.1, 0.15) is 24.4 Å². The number of nitrogens with one attached hydrogen (secondary N) is 2. The van der Waals surface area contributed by atoms with Crippen LogP contribution in [0.3, 0.4) is 0 Å². The molecule has 2 aliphatic rings. The summed E-state index contributed by atoms with van der Waals surface area (Å²) < 4.78 is 1.51. The van der Waals surface area contributed by atoms with E-state index >= 15 is 0 Å². The van der Waals surface area contributed by atoms with E-state index in [-0.39, 0.29) is 24.2 Å². The first kappa shape index (κ1) is 19.3. The maximum absolute atomic E-state index is 12.3. The van der Waals surface area contributed by atoms with Crippen LogP contribution in [0, 0.1) is 0 Å². The maximum atomic E-state index is 12.3. The van der Waals surface area contributed by atoms with Crippen LogP contribution in [-0.4, -0.2) is 70.5 Å². The van der Waals surface area contributed by atoms with E-state index in [4.69, 9.17) is 0 Å². The standard InChI is InChI=1S/C20H25N5O4/c1-23-6-8-24(9-7-23)20(29)21-11-13-2-3-15-14(10-13)12-25(19(15)28)16-4-5-17(26)22-18(16)27/h2-3,10,12,16,28H,4-9,11H2,1H3,(H,21,29)(H,22,26,27). The van der Waals surface area contributed by atoms with Gasteiger partial charge < -0.3 is 24.8 Å². The summed E-state index contributed by atoms with van der Waals surface area (Å²) in [6.07, 6.45) is 2.32. The minimum atomic E-state index is -0.611. The molecule has 0 bridgehead atoms. The minimum absolute atomic E-state index is 0.00233. The molecule has 1 aromatic carbocycles. The highest BCUT2D eigenvalue weighted by Gasteiger charge is 2.30. The number of rotatable bonds is 3. The molecule has 0 spiro atoms. The molecule has 2 saturated heterocycles. The second kappa shape index (κ2) is 7.75. The SMILES string of the molecule is CN1CCN(C(=O)NCc2ccc3c(O)n(C4CCC(=O)NC4=O)cc3c2)CC1. The number of hydrogen-bond acceptors (Lipinski definition) is 5. The lowest BCUT2D eigenvalue weighted by Crippen LogP contribution is -2.50. The summed E-state index contributed by atoms with van der Waals surface area (Å²) in [6, 6.07) is 4.83.